The van der Waals surface area contributed by atoms with Crippen molar-refractivity contribution in [3.8, 4) is 11.5 Å². The summed E-state index contributed by atoms with van der Waals surface area (Å²) in [6.07, 6.45) is 1.58. The number of nitrogens with one attached hydrogen (secondary N) is 1. The van der Waals surface area contributed by atoms with Gasteiger partial charge in [-0.15, -0.1) is 11.3 Å². The van der Waals surface area contributed by atoms with Crippen molar-refractivity contribution >= 4 is 28.8 Å². The summed E-state index contributed by atoms with van der Waals surface area (Å²) in [5.41, 5.74) is 0.618. The average Bonchev–Trinajstić information content (AvgIpc) is 3.21. The molecule has 3 rings (SSSR count). The van der Waals surface area contributed by atoms with Crippen molar-refractivity contribution in [2.45, 2.75) is 12.8 Å². The zero-order chi connectivity index (χ0) is 18.5. The number of piperidine rings is 1. The van der Waals surface area contributed by atoms with Crippen LogP contribution in [0.5, 0.6) is 11.5 Å². The summed E-state index contributed by atoms with van der Waals surface area (Å²) in [5.74, 6) is 0.894. The van der Waals surface area contributed by atoms with Crippen LogP contribution in [-0.4, -0.2) is 44.0 Å². The summed E-state index contributed by atoms with van der Waals surface area (Å²) in [6, 6.07) is 8.93. The first-order valence-electron chi connectivity index (χ1n) is 8.47. The van der Waals surface area contributed by atoms with Gasteiger partial charge >= 0.3 is 0 Å². The van der Waals surface area contributed by atoms with E-state index < -0.39 is 0 Å². The smallest absolute Gasteiger partial charge is 0.263 e. The van der Waals surface area contributed by atoms with E-state index in [4.69, 9.17) is 9.47 Å². The molecule has 1 unspecified atom stereocenters. The third kappa shape index (κ3) is 4.16. The molecule has 0 spiro atoms. The molecular formula is C19H22N2O4S. The third-order valence-electron chi connectivity index (χ3n) is 4.43. The van der Waals surface area contributed by atoms with Gasteiger partial charge in [0.15, 0.2) is 0 Å². The fourth-order valence-electron chi connectivity index (χ4n) is 3.06. The number of nitrogens with zero attached hydrogens (tertiary/aromatic N) is 1. The Hall–Kier alpha value is -2.54. The number of amides is 2. The quantitative estimate of drug-likeness (QED) is 0.872. The Morgan fingerprint density at radius 2 is 1.92 bits per heavy atom. The maximum absolute atomic E-state index is 12.7. The van der Waals surface area contributed by atoms with E-state index >= 15 is 0 Å². The number of likely N-dealkylation sites (tertiary alicyclic amines) is 1. The van der Waals surface area contributed by atoms with Crippen molar-refractivity contribution in [1.82, 2.24) is 4.90 Å². The molecule has 0 saturated carbocycles. The highest BCUT2D eigenvalue weighted by Crippen LogP contribution is 2.27. The van der Waals surface area contributed by atoms with Gasteiger partial charge in [0.25, 0.3) is 5.91 Å². The Labute approximate surface area is 156 Å². The average molecular weight is 374 g/mol. The van der Waals surface area contributed by atoms with Gasteiger partial charge in [0, 0.05) is 37.0 Å². The second-order valence-corrected chi connectivity index (χ2v) is 7.11. The van der Waals surface area contributed by atoms with E-state index in [0.29, 0.717) is 35.2 Å². The first kappa shape index (κ1) is 18.3. The Kier molecular flexibility index (Phi) is 5.78. The Balaban J connectivity index is 1.67. The standard InChI is InChI=1S/C19H22N2O4S/c1-24-15-9-14(10-16(11-15)25-2)20-18(22)13-5-3-7-21(12-13)19(23)17-6-4-8-26-17/h4,6,8-11,13H,3,5,7,12H2,1-2H3,(H,20,22). The molecular weight excluding hydrogens is 352 g/mol. The van der Waals surface area contributed by atoms with Gasteiger partial charge in [-0.25, -0.2) is 0 Å². The number of methoxy groups -OCH3 is 2. The lowest BCUT2D eigenvalue weighted by Crippen LogP contribution is -2.43. The number of rotatable bonds is 5. The summed E-state index contributed by atoms with van der Waals surface area (Å²) in [6.45, 7) is 1.12. The minimum Gasteiger partial charge on any atom is -0.497 e. The zero-order valence-corrected chi connectivity index (χ0v) is 15.7. The zero-order valence-electron chi connectivity index (χ0n) is 14.9. The minimum atomic E-state index is -0.232. The van der Waals surface area contributed by atoms with Crippen molar-refractivity contribution < 1.29 is 19.1 Å². The van der Waals surface area contributed by atoms with E-state index in [2.05, 4.69) is 5.32 Å². The molecule has 2 amide bonds. The van der Waals surface area contributed by atoms with Gasteiger partial charge < -0.3 is 19.7 Å². The second-order valence-electron chi connectivity index (χ2n) is 6.16. The van der Waals surface area contributed by atoms with Gasteiger partial charge in [0.2, 0.25) is 5.91 Å². The molecule has 0 bridgehead atoms. The van der Waals surface area contributed by atoms with Crippen molar-refractivity contribution in [3.05, 3.63) is 40.6 Å². The van der Waals surface area contributed by atoms with Gasteiger partial charge in [-0.1, -0.05) is 6.07 Å². The number of hydrogen-bond acceptors (Lipinski definition) is 5. The molecule has 0 aliphatic carbocycles. The van der Waals surface area contributed by atoms with Crippen molar-refractivity contribution in [2.24, 2.45) is 5.92 Å². The fourth-order valence-corrected chi connectivity index (χ4v) is 3.75. The second kappa shape index (κ2) is 8.23. The van der Waals surface area contributed by atoms with Crippen LogP contribution in [0.4, 0.5) is 5.69 Å². The van der Waals surface area contributed by atoms with Crippen LogP contribution in [0.15, 0.2) is 35.7 Å². The molecule has 1 aliphatic heterocycles. The number of hydrogen-bond donors (Lipinski definition) is 1. The molecule has 1 atom stereocenters. The topological polar surface area (TPSA) is 67.9 Å². The third-order valence-corrected chi connectivity index (χ3v) is 5.29. The summed E-state index contributed by atoms with van der Waals surface area (Å²) in [4.78, 5) is 27.7. The van der Waals surface area contributed by atoms with E-state index in [9.17, 15) is 9.59 Å². The van der Waals surface area contributed by atoms with Crippen LogP contribution in [0.3, 0.4) is 0 Å². The summed E-state index contributed by atoms with van der Waals surface area (Å²) in [7, 11) is 3.13. The Bertz CT molecular complexity index is 754. The van der Waals surface area contributed by atoms with Crippen LogP contribution >= 0.6 is 11.3 Å². The van der Waals surface area contributed by atoms with Gasteiger partial charge in [0.05, 0.1) is 25.0 Å². The lowest BCUT2D eigenvalue weighted by atomic mass is 9.97. The number of carbonyl (C=O) groups is 2. The van der Waals surface area contributed by atoms with Crippen LogP contribution in [0.1, 0.15) is 22.5 Å². The molecule has 138 valence electrons. The van der Waals surface area contributed by atoms with Crippen LogP contribution in [-0.2, 0) is 4.79 Å². The molecule has 1 fully saturated rings. The lowest BCUT2D eigenvalue weighted by molar-refractivity contribution is -0.121. The SMILES string of the molecule is COc1cc(NC(=O)C2CCCN(C(=O)c3cccs3)C2)cc(OC)c1. The lowest BCUT2D eigenvalue weighted by Gasteiger charge is -2.31. The number of thiophene rings is 1. The highest BCUT2D eigenvalue weighted by molar-refractivity contribution is 7.12. The van der Waals surface area contributed by atoms with Crippen molar-refractivity contribution in [1.29, 1.82) is 0 Å². The number of ether oxygens (including phenoxy) is 2. The van der Waals surface area contributed by atoms with Gasteiger partial charge in [-0.05, 0) is 24.3 Å². The van der Waals surface area contributed by atoms with E-state index in [1.54, 1.807) is 37.3 Å². The molecule has 1 saturated heterocycles. The molecule has 1 aliphatic rings. The highest BCUT2D eigenvalue weighted by atomic mass is 32.1. The van der Waals surface area contributed by atoms with Crippen LogP contribution in [0.2, 0.25) is 0 Å². The monoisotopic (exact) mass is 374 g/mol. The predicted octanol–water partition coefficient (Wildman–Crippen LogP) is 3.26. The highest BCUT2D eigenvalue weighted by Gasteiger charge is 2.29. The van der Waals surface area contributed by atoms with Gasteiger partial charge in [-0.3, -0.25) is 9.59 Å². The predicted molar refractivity (Wildman–Crippen MR) is 101 cm³/mol. The summed E-state index contributed by atoms with van der Waals surface area (Å²) < 4.78 is 10.5. The number of anilines is 1. The molecule has 2 heterocycles. The molecule has 0 radical (unpaired) electrons. The van der Waals surface area contributed by atoms with Crippen LogP contribution < -0.4 is 14.8 Å². The fraction of sp³-hybridized carbons (Fsp3) is 0.368. The van der Waals surface area contributed by atoms with Crippen molar-refractivity contribution in [2.75, 3.05) is 32.6 Å². The maximum Gasteiger partial charge on any atom is 0.263 e. The van der Waals surface area contributed by atoms with Gasteiger partial charge in [0.1, 0.15) is 11.5 Å². The number of carbonyl (C=O) groups excluding carboxylic acids is 2. The Morgan fingerprint density at radius 3 is 2.54 bits per heavy atom. The van der Waals surface area contributed by atoms with Crippen LogP contribution in [0.25, 0.3) is 0 Å². The molecule has 1 aromatic heterocycles. The molecule has 6 nitrogen and oxygen atoms in total. The van der Waals surface area contributed by atoms with Gasteiger partial charge in [-0.2, -0.15) is 0 Å². The van der Waals surface area contributed by atoms with Crippen molar-refractivity contribution in [3.63, 3.8) is 0 Å². The van der Waals surface area contributed by atoms with Crippen LogP contribution in [0, 0.1) is 5.92 Å². The van der Waals surface area contributed by atoms with E-state index in [1.165, 1.54) is 11.3 Å². The largest absolute Gasteiger partial charge is 0.497 e. The first-order chi connectivity index (χ1) is 12.6. The molecule has 26 heavy (non-hydrogen) atoms. The molecule has 1 N–H and O–H groups in total. The summed E-state index contributed by atoms with van der Waals surface area (Å²) >= 11 is 1.43. The first-order valence-corrected chi connectivity index (χ1v) is 9.35. The molecule has 7 heteroatoms. The van der Waals surface area contributed by atoms with E-state index in [1.807, 2.05) is 17.5 Å². The Morgan fingerprint density at radius 1 is 1.19 bits per heavy atom. The molecule has 2 aromatic rings. The minimum absolute atomic E-state index is 0.000509. The van der Waals surface area contributed by atoms with E-state index in [-0.39, 0.29) is 17.7 Å². The maximum atomic E-state index is 12.7. The molecule has 1 aromatic carbocycles. The van der Waals surface area contributed by atoms with E-state index in [0.717, 1.165) is 12.8 Å². The summed E-state index contributed by atoms with van der Waals surface area (Å²) in [5, 5.41) is 4.81. The number of benzene rings is 1. The normalized spacial score (nSPS) is 16.8.